The van der Waals surface area contributed by atoms with Crippen LogP contribution in [0, 0.1) is 6.57 Å². The van der Waals surface area contributed by atoms with Crippen LogP contribution in [0.3, 0.4) is 0 Å². The topological polar surface area (TPSA) is 30.7 Å². The van der Waals surface area contributed by atoms with Gasteiger partial charge >= 0.3 is 6.18 Å². The largest absolute Gasteiger partial charge is 0.487 e. The fraction of sp³-hybridized carbons (Fsp3) is 0.222. The zero-order valence-corrected chi connectivity index (χ0v) is 13.7. The third-order valence-electron chi connectivity index (χ3n) is 3.38. The van der Waals surface area contributed by atoms with Crippen LogP contribution in [0.15, 0.2) is 42.5 Å². The summed E-state index contributed by atoms with van der Waals surface area (Å²) in [4.78, 5) is 14.9. The molecule has 7 heteroatoms. The lowest BCUT2D eigenvalue weighted by molar-refractivity contribution is -0.137. The van der Waals surface area contributed by atoms with Gasteiger partial charge in [0.15, 0.2) is 5.78 Å². The Morgan fingerprint density at radius 2 is 1.84 bits per heavy atom. The van der Waals surface area contributed by atoms with E-state index in [-0.39, 0.29) is 36.1 Å². The number of rotatable bonds is 6. The summed E-state index contributed by atoms with van der Waals surface area (Å²) in [6, 6.07) is 9.51. The maximum Gasteiger partial charge on any atom is 0.416 e. The summed E-state index contributed by atoms with van der Waals surface area (Å²) in [6.45, 7) is 6.92. The van der Waals surface area contributed by atoms with Gasteiger partial charge in [-0.15, -0.1) is 0 Å². The molecular weight excluding hydrogens is 355 g/mol. The standard InChI is InChI=1S/C18H13ClF3NO2/c1-23-9-8-16(24)13-4-2-12(3-5-13)11-25-17-7-6-14(10-15(17)19)18(20,21)22/h2-7,10H,8-9,11H2. The van der Waals surface area contributed by atoms with Gasteiger partial charge in [-0.1, -0.05) is 35.9 Å². The second-order valence-corrected chi connectivity index (χ2v) is 5.59. The average Bonchev–Trinajstić information content (AvgIpc) is 2.58. The molecule has 0 amide bonds. The predicted octanol–water partition coefficient (Wildman–Crippen LogP) is 5.43. The number of ketones is 1. The zero-order valence-electron chi connectivity index (χ0n) is 12.9. The number of Topliss-reactive ketones (excluding diaryl/α,β-unsaturated/α-hetero) is 1. The minimum atomic E-state index is -4.46. The molecule has 2 rings (SSSR count). The van der Waals surface area contributed by atoms with Crippen molar-refractivity contribution in [2.24, 2.45) is 0 Å². The SMILES string of the molecule is [C-]#[N+]CCC(=O)c1ccc(COc2ccc(C(F)(F)F)cc2Cl)cc1. The van der Waals surface area contributed by atoms with Crippen molar-refractivity contribution in [3.8, 4) is 5.75 Å². The molecule has 0 bridgehead atoms. The van der Waals surface area contributed by atoms with E-state index in [4.69, 9.17) is 22.9 Å². The van der Waals surface area contributed by atoms with Crippen LogP contribution in [0.5, 0.6) is 5.75 Å². The Labute approximate surface area is 147 Å². The maximum absolute atomic E-state index is 12.6. The zero-order chi connectivity index (χ0) is 18.4. The van der Waals surface area contributed by atoms with Crippen LogP contribution in [0.4, 0.5) is 13.2 Å². The van der Waals surface area contributed by atoms with E-state index in [1.165, 1.54) is 6.07 Å². The number of carbonyl (C=O) groups is 1. The molecule has 0 atom stereocenters. The monoisotopic (exact) mass is 367 g/mol. The Morgan fingerprint density at radius 3 is 2.40 bits per heavy atom. The van der Waals surface area contributed by atoms with Crippen LogP contribution in [-0.4, -0.2) is 12.3 Å². The molecule has 0 unspecified atom stereocenters. The van der Waals surface area contributed by atoms with Crippen molar-refractivity contribution in [2.75, 3.05) is 6.54 Å². The molecule has 0 spiro atoms. The van der Waals surface area contributed by atoms with Gasteiger partial charge in [-0.05, 0) is 23.8 Å². The molecule has 0 saturated carbocycles. The van der Waals surface area contributed by atoms with Crippen LogP contribution >= 0.6 is 11.6 Å². The van der Waals surface area contributed by atoms with Crippen molar-refractivity contribution in [3.05, 3.63) is 75.6 Å². The van der Waals surface area contributed by atoms with Crippen LogP contribution in [0.1, 0.15) is 27.9 Å². The summed E-state index contributed by atoms with van der Waals surface area (Å²) in [5.74, 6) is 0.0288. The predicted molar refractivity (Wildman–Crippen MR) is 87.6 cm³/mol. The van der Waals surface area contributed by atoms with Gasteiger partial charge in [-0.3, -0.25) is 4.79 Å². The smallest absolute Gasteiger partial charge is 0.416 e. The molecular formula is C18H13ClF3NO2. The normalized spacial score (nSPS) is 11.0. The quantitative estimate of drug-likeness (QED) is 0.503. The molecule has 3 nitrogen and oxygen atoms in total. The number of hydrogen-bond donors (Lipinski definition) is 0. The molecule has 0 fully saturated rings. The number of carbonyl (C=O) groups excluding carboxylic acids is 1. The van der Waals surface area contributed by atoms with E-state index in [2.05, 4.69) is 4.85 Å². The van der Waals surface area contributed by atoms with Gasteiger partial charge in [0.25, 0.3) is 0 Å². The van der Waals surface area contributed by atoms with Crippen molar-refractivity contribution in [1.29, 1.82) is 0 Å². The van der Waals surface area contributed by atoms with Gasteiger partial charge in [0.1, 0.15) is 12.4 Å². The van der Waals surface area contributed by atoms with Gasteiger partial charge in [0.2, 0.25) is 6.54 Å². The fourth-order valence-corrected chi connectivity index (χ4v) is 2.28. The number of ether oxygens (including phenoxy) is 1. The summed E-state index contributed by atoms with van der Waals surface area (Å²) < 4.78 is 43.2. The van der Waals surface area contributed by atoms with Gasteiger partial charge < -0.3 is 9.58 Å². The van der Waals surface area contributed by atoms with E-state index < -0.39 is 11.7 Å². The first-order valence-corrected chi connectivity index (χ1v) is 7.64. The van der Waals surface area contributed by atoms with Crippen molar-refractivity contribution >= 4 is 17.4 Å². The first-order chi connectivity index (χ1) is 11.8. The highest BCUT2D eigenvalue weighted by Gasteiger charge is 2.31. The third kappa shape index (κ3) is 5.23. The maximum atomic E-state index is 12.6. The van der Waals surface area contributed by atoms with Crippen molar-refractivity contribution in [2.45, 2.75) is 19.2 Å². The van der Waals surface area contributed by atoms with Gasteiger partial charge in [0, 0.05) is 5.56 Å². The second kappa shape index (κ2) is 8.04. The highest BCUT2D eigenvalue weighted by atomic mass is 35.5. The molecule has 0 aliphatic heterocycles. The van der Waals surface area contributed by atoms with Gasteiger partial charge in [-0.25, -0.2) is 6.57 Å². The molecule has 0 saturated heterocycles. The minimum Gasteiger partial charge on any atom is -0.487 e. The molecule has 0 radical (unpaired) electrons. The Bertz CT molecular complexity index is 795. The van der Waals surface area contributed by atoms with E-state index >= 15 is 0 Å². The lowest BCUT2D eigenvalue weighted by atomic mass is 10.1. The third-order valence-corrected chi connectivity index (χ3v) is 3.68. The summed E-state index contributed by atoms with van der Waals surface area (Å²) in [7, 11) is 0. The van der Waals surface area contributed by atoms with Gasteiger partial charge in [-0.2, -0.15) is 13.2 Å². The molecule has 25 heavy (non-hydrogen) atoms. The highest BCUT2D eigenvalue weighted by molar-refractivity contribution is 6.32. The first kappa shape index (κ1) is 18.8. The van der Waals surface area contributed by atoms with E-state index in [1.807, 2.05) is 0 Å². The molecule has 2 aromatic rings. The molecule has 0 heterocycles. The Balaban J connectivity index is 2.00. The van der Waals surface area contributed by atoms with Crippen LogP contribution in [0.25, 0.3) is 4.85 Å². The van der Waals surface area contributed by atoms with Crippen LogP contribution in [0.2, 0.25) is 5.02 Å². The van der Waals surface area contributed by atoms with Crippen molar-refractivity contribution < 1.29 is 22.7 Å². The Morgan fingerprint density at radius 1 is 1.16 bits per heavy atom. The molecule has 0 aliphatic carbocycles. The van der Waals surface area contributed by atoms with E-state index in [1.54, 1.807) is 24.3 Å². The molecule has 0 N–H and O–H groups in total. The first-order valence-electron chi connectivity index (χ1n) is 7.26. The Hall–Kier alpha value is -2.52. The summed E-state index contributed by atoms with van der Waals surface area (Å²) >= 11 is 5.82. The summed E-state index contributed by atoms with van der Waals surface area (Å²) in [5.41, 5.74) is 0.393. The minimum absolute atomic E-state index is 0.0988. The molecule has 130 valence electrons. The summed E-state index contributed by atoms with van der Waals surface area (Å²) in [5, 5.41) is -0.124. The number of alkyl halides is 3. The van der Waals surface area contributed by atoms with E-state index in [0.717, 1.165) is 17.7 Å². The summed E-state index contributed by atoms with van der Waals surface area (Å²) in [6.07, 6.45) is -4.29. The lowest BCUT2D eigenvalue weighted by Crippen LogP contribution is -2.05. The van der Waals surface area contributed by atoms with Crippen LogP contribution < -0.4 is 4.74 Å². The van der Waals surface area contributed by atoms with E-state index in [0.29, 0.717) is 5.56 Å². The highest BCUT2D eigenvalue weighted by Crippen LogP contribution is 2.34. The second-order valence-electron chi connectivity index (χ2n) is 5.18. The fourth-order valence-electron chi connectivity index (χ4n) is 2.04. The van der Waals surface area contributed by atoms with Crippen LogP contribution in [-0.2, 0) is 12.8 Å². The van der Waals surface area contributed by atoms with Crippen molar-refractivity contribution in [3.63, 3.8) is 0 Å². The van der Waals surface area contributed by atoms with Crippen molar-refractivity contribution in [1.82, 2.24) is 0 Å². The molecule has 0 aliphatic rings. The molecule has 0 aromatic heterocycles. The molecule has 2 aromatic carbocycles. The number of hydrogen-bond acceptors (Lipinski definition) is 2. The lowest BCUT2D eigenvalue weighted by Gasteiger charge is -2.11. The number of nitrogens with zero attached hydrogens (tertiary/aromatic N) is 1. The number of halogens is 4. The number of benzene rings is 2. The van der Waals surface area contributed by atoms with E-state index in [9.17, 15) is 18.0 Å². The Kier molecular flexibility index (Phi) is 6.05. The van der Waals surface area contributed by atoms with Gasteiger partial charge in [0.05, 0.1) is 17.0 Å². The average molecular weight is 368 g/mol.